The summed E-state index contributed by atoms with van der Waals surface area (Å²) in [7, 11) is 0. The Morgan fingerprint density at radius 1 is 1.59 bits per heavy atom. The van der Waals surface area contributed by atoms with Crippen LogP contribution in [0, 0.1) is 0 Å². The Bertz CT molecular complexity index is 426. The lowest BCUT2D eigenvalue weighted by Gasteiger charge is -2.11. The van der Waals surface area contributed by atoms with Crippen LogP contribution in [0.1, 0.15) is 34.2 Å². The Kier molecular flexibility index (Phi) is 4.39. The highest BCUT2D eigenvalue weighted by atomic mass is 16.4. The van der Waals surface area contributed by atoms with Crippen LogP contribution in [0.25, 0.3) is 0 Å². The molecule has 1 aromatic rings. The van der Waals surface area contributed by atoms with Crippen molar-refractivity contribution in [3.05, 3.63) is 42.2 Å². The van der Waals surface area contributed by atoms with Gasteiger partial charge in [0.05, 0.1) is 5.56 Å². The van der Waals surface area contributed by atoms with Gasteiger partial charge >= 0.3 is 5.97 Å². The largest absolute Gasteiger partial charge is 0.477 e. The summed E-state index contributed by atoms with van der Waals surface area (Å²) in [5, 5.41) is 11.4. The van der Waals surface area contributed by atoms with E-state index in [0.717, 1.165) is 0 Å². The Hall–Kier alpha value is -2.17. The zero-order valence-electron chi connectivity index (χ0n) is 9.51. The van der Waals surface area contributed by atoms with Gasteiger partial charge in [-0.15, -0.1) is 6.58 Å². The summed E-state index contributed by atoms with van der Waals surface area (Å²) in [5.74, 6) is -1.39. The molecule has 1 aromatic heterocycles. The van der Waals surface area contributed by atoms with Gasteiger partial charge in [-0.3, -0.25) is 4.79 Å². The molecule has 0 spiro atoms. The molecule has 0 saturated carbocycles. The molecule has 1 amide bonds. The quantitative estimate of drug-likeness (QED) is 0.756. The number of aromatic carboxylic acids is 1. The van der Waals surface area contributed by atoms with Gasteiger partial charge in [-0.1, -0.05) is 6.08 Å². The van der Waals surface area contributed by atoms with Crippen LogP contribution in [0.15, 0.2) is 31.0 Å². The zero-order chi connectivity index (χ0) is 12.8. The van der Waals surface area contributed by atoms with Crippen molar-refractivity contribution < 1.29 is 14.7 Å². The maximum Gasteiger partial charge on any atom is 0.354 e. The van der Waals surface area contributed by atoms with Crippen LogP contribution in [0.3, 0.4) is 0 Å². The average Bonchev–Trinajstić information content (AvgIpc) is 2.29. The molecule has 1 atom stereocenters. The van der Waals surface area contributed by atoms with E-state index in [2.05, 4.69) is 16.9 Å². The second-order valence-electron chi connectivity index (χ2n) is 3.64. The number of hydrogen-bond donors (Lipinski definition) is 2. The fourth-order valence-electron chi connectivity index (χ4n) is 1.27. The first-order chi connectivity index (χ1) is 8.04. The molecule has 0 aliphatic rings. The molecular formula is C12H14N2O3. The van der Waals surface area contributed by atoms with Crippen LogP contribution in [0.5, 0.6) is 0 Å². The highest BCUT2D eigenvalue weighted by Crippen LogP contribution is 2.02. The van der Waals surface area contributed by atoms with E-state index in [0.29, 0.717) is 12.0 Å². The van der Waals surface area contributed by atoms with E-state index in [-0.39, 0.29) is 17.6 Å². The molecule has 1 rings (SSSR count). The second-order valence-corrected chi connectivity index (χ2v) is 3.64. The number of pyridine rings is 1. The number of carboxylic acid groups (broad SMARTS) is 1. The predicted octanol–water partition coefficient (Wildman–Crippen LogP) is 1.47. The van der Waals surface area contributed by atoms with E-state index < -0.39 is 5.97 Å². The third kappa shape index (κ3) is 3.71. The number of aromatic nitrogens is 1. The van der Waals surface area contributed by atoms with Gasteiger partial charge in [-0.25, -0.2) is 9.78 Å². The molecule has 0 aliphatic carbocycles. The van der Waals surface area contributed by atoms with Crippen molar-refractivity contribution in [2.24, 2.45) is 0 Å². The number of rotatable bonds is 5. The SMILES string of the molecule is C=CCC(C)NC(=O)c1ccc(C(=O)O)nc1. The topological polar surface area (TPSA) is 79.3 Å². The Labute approximate surface area is 99.2 Å². The molecule has 5 heteroatoms. The highest BCUT2D eigenvalue weighted by molar-refractivity contribution is 5.95. The Morgan fingerprint density at radius 3 is 2.76 bits per heavy atom. The summed E-state index contributed by atoms with van der Waals surface area (Å²) < 4.78 is 0. The number of nitrogens with zero attached hydrogens (tertiary/aromatic N) is 1. The summed E-state index contributed by atoms with van der Waals surface area (Å²) in [5.41, 5.74) is 0.256. The molecule has 1 heterocycles. The van der Waals surface area contributed by atoms with Gasteiger partial charge in [0.15, 0.2) is 0 Å². The van der Waals surface area contributed by atoms with E-state index in [1.54, 1.807) is 6.08 Å². The number of carbonyl (C=O) groups excluding carboxylic acids is 1. The number of amides is 1. The molecule has 0 aromatic carbocycles. The third-order valence-electron chi connectivity index (χ3n) is 2.14. The second kappa shape index (κ2) is 5.79. The monoisotopic (exact) mass is 234 g/mol. The minimum Gasteiger partial charge on any atom is -0.477 e. The van der Waals surface area contributed by atoms with Crippen LogP contribution in [0.4, 0.5) is 0 Å². The fraction of sp³-hybridized carbons (Fsp3) is 0.250. The molecule has 5 nitrogen and oxygen atoms in total. The van der Waals surface area contributed by atoms with E-state index in [9.17, 15) is 9.59 Å². The van der Waals surface area contributed by atoms with Gasteiger partial charge in [0.25, 0.3) is 5.91 Å². The third-order valence-corrected chi connectivity index (χ3v) is 2.14. The lowest BCUT2D eigenvalue weighted by molar-refractivity contribution is 0.0689. The van der Waals surface area contributed by atoms with Crippen LogP contribution in [-0.2, 0) is 0 Å². The first-order valence-corrected chi connectivity index (χ1v) is 5.15. The predicted molar refractivity (Wildman–Crippen MR) is 62.9 cm³/mol. The van der Waals surface area contributed by atoms with E-state index >= 15 is 0 Å². The molecule has 0 bridgehead atoms. The zero-order valence-corrected chi connectivity index (χ0v) is 9.51. The number of hydrogen-bond acceptors (Lipinski definition) is 3. The van der Waals surface area contributed by atoms with Gasteiger partial charge in [0, 0.05) is 12.2 Å². The highest BCUT2D eigenvalue weighted by Gasteiger charge is 2.10. The molecule has 0 radical (unpaired) electrons. The average molecular weight is 234 g/mol. The van der Waals surface area contributed by atoms with Crippen molar-refractivity contribution in [3.8, 4) is 0 Å². The molecule has 0 saturated heterocycles. The minimum absolute atomic E-state index is 0.0147. The lowest BCUT2D eigenvalue weighted by atomic mass is 10.2. The van der Waals surface area contributed by atoms with E-state index in [1.807, 2.05) is 6.92 Å². The summed E-state index contributed by atoms with van der Waals surface area (Å²) in [6, 6.07) is 2.72. The molecule has 2 N–H and O–H groups in total. The molecule has 1 unspecified atom stereocenters. The molecule has 90 valence electrons. The van der Waals surface area contributed by atoms with Crippen LogP contribution >= 0.6 is 0 Å². The van der Waals surface area contributed by atoms with E-state index in [4.69, 9.17) is 5.11 Å². The summed E-state index contributed by atoms with van der Waals surface area (Å²) >= 11 is 0. The normalized spacial score (nSPS) is 11.6. The first kappa shape index (κ1) is 12.9. The smallest absolute Gasteiger partial charge is 0.354 e. The summed E-state index contributed by atoms with van der Waals surface area (Å²) in [6.45, 7) is 5.44. The fourth-order valence-corrected chi connectivity index (χ4v) is 1.27. The maximum absolute atomic E-state index is 11.7. The summed E-state index contributed by atoms with van der Waals surface area (Å²) in [4.78, 5) is 25.9. The standard InChI is InChI=1S/C12H14N2O3/c1-3-4-8(2)14-11(15)9-5-6-10(12(16)17)13-7-9/h3,5-8H,1,4H2,2H3,(H,14,15)(H,16,17). The number of carboxylic acids is 1. The van der Waals surface area contributed by atoms with Crippen molar-refractivity contribution in [1.29, 1.82) is 0 Å². The van der Waals surface area contributed by atoms with Crippen LogP contribution < -0.4 is 5.32 Å². The van der Waals surface area contributed by atoms with Gasteiger partial charge in [-0.05, 0) is 25.5 Å². The van der Waals surface area contributed by atoms with Gasteiger partial charge in [0.1, 0.15) is 5.69 Å². The molecule has 17 heavy (non-hydrogen) atoms. The number of nitrogens with one attached hydrogen (secondary N) is 1. The Balaban J connectivity index is 2.69. The van der Waals surface area contributed by atoms with Crippen molar-refractivity contribution in [1.82, 2.24) is 10.3 Å². The van der Waals surface area contributed by atoms with Crippen LogP contribution in [0.2, 0.25) is 0 Å². The molecular weight excluding hydrogens is 220 g/mol. The van der Waals surface area contributed by atoms with Gasteiger partial charge in [-0.2, -0.15) is 0 Å². The molecule has 0 aliphatic heterocycles. The lowest BCUT2D eigenvalue weighted by Crippen LogP contribution is -2.32. The van der Waals surface area contributed by atoms with Crippen molar-refractivity contribution >= 4 is 11.9 Å². The van der Waals surface area contributed by atoms with Crippen molar-refractivity contribution in [2.45, 2.75) is 19.4 Å². The van der Waals surface area contributed by atoms with Crippen molar-refractivity contribution in [2.75, 3.05) is 0 Å². The van der Waals surface area contributed by atoms with Crippen molar-refractivity contribution in [3.63, 3.8) is 0 Å². The maximum atomic E-state index is 11.7. The summed E-state index contributed by atoms with van der Waals surface area (Å²) in [6.07, 6.45) is 3.64. The Morgan fingerprint density at radius 2 is 2.29 bits per heavy atom. The van der Waals surface area contributed by atoms with Crippen LogP contribution in [-0.4, -0.2) is 28.0 Å². The first-order valence-electron chi connectivity index (χ1n) is 5.15. The number of carbonyl (C=O) groups is 2. The van der Waals surface area contributed by atoms with E-state index in [1.165, 1.54) is 18.3 Å². The van der Waals surface area contributed by atoms with Gasteiger partial charge in [0.2, 0.25) is 0 Å². The molecule has 0 fully saturated rings. The minimum atomic E-state index is -1.11. The van der Waals surface area contributed by atoms with Gasteiger partial charge < -0.3 is 10.4 Å².